The number of halogens is 2. The van der Waals surface area contributed by atoms with Gasteiger partial charge in [0.15, 0.2) is 12.4 Å². The summed E-state index contributed by atoms with van der Waals surface area (Å²) in [5, 5.41) is 0.560. The van der Waals surface area contributed by atoms with Gasteiger partial charge in [0.05, 0.1) is 28.3 Å². The van der Waals surface area contributed by atoms with Crippen molar-refractivity contribution in [2.45, 2.75) is 19.0 Å². The minimum Gasteiger partial charge on any atom is -0.494 e. The molecule has 0 saturated carbocycles. The molecule has 0 amide bonds. The molecule has 8 heteroatoms. The van der Waals surface area contributed by atoms with E-state index in [0.29, 0.717) is 11.4 Å². The number of carbonyl (C=O) groups is 2. The number of ketones is 1. The molecule has 0 aromatic heterocycles. The number of ether oxygens (including phenoxy) is 2. The molecule has 2 rings (SSSR count). The Balaban J connectivity index is 1.76. The molecule has 1 atom stereocenters. The van der Waals surface area contributed by atoms with Crippen LogP contribution in [0.1, 0.15) is 22.3 Å². The van der Waals surface area contributed by atoms with Crippen molar-refractivity contribution in [3.63, 3.8) is 0 Å². The molecule has 0 aliphatic heterocycles. The lowest BCUT2D eigenvalue weighted by Gasteiger charge is -2.14. The van der Waals surface area contributed by atoms with E-state index < -0.39 is 18.6 Å². The first kappa shape index (κ1) is 23.2. The third-order valence-electron chi connectivity index (χ3n) is 4.01. The molecule has 29 heavy (non-hydrogen) atoms. The van der Waals surface area contributed by atoms with Crippen LogP contribution in [0.25, 0.3) is 0 Å². The van der Waals surface area contributed by atoms with E-state index >= 15 is 0 Å². The van der Waals surface area contributed by atoms with E-state index in [0.717, 1.165) is 17.9 Å². The standard InChI is InChI=1S/C21H24Cl2N2O4/c1-25(2)12-14-4-3-5-16(10-14)28-9-8-19(24)20(26)13-29-21(27)15-6-7-17(22)18(23)11-15/h3-7,10-11,19H,8-9,12-13,24H2,1-2H3. The fourth-order valence-electron chi connectivity index (χ4n) is 2.51. The predicted molar refractivity (Wildman–Crippen MR) is 114 cm³/mol. The van der Waals surface area contributed by atoms with Crippen molar-refractivity contribution in [3.05, 3.63) is 63.6 Å². The molecule has 0 heterocycles. The number of hydrogen-bond acceptors (Lipinski definition) is 6. The Hall–Kier alpha value is -2.12. The summed E-state index contributed by atoms with van der Waals surface area (Å²) in [4.78, 5) is 26.2. The molecular weight excluding hydrogens is 415 g/mol. The molecule has 0 fully saturated rings. The molecule has 6 nitrogen and oxygen atoms in total. The van der Waals surface area contributed by atoms with Crippen LogP contribution < -0.4 is 10.5 Å². The zero-order valence-electron chi connectivity index (χ0n) is 16.4. The summed E-state index contributed by atoms with van der Waals surface area (Å²) in [6.45, 7) is 0.664. The fraction of sp³-hybridized carbons (Fsp3) is 0.333. The minimum absolute atomic E-state index is 0.210. The van der Waals surface area contributed by atoms with E-state index in [9.17, 15) is 9.59 Å². The number of esters is 1. The van der Waals surface area contributed by atoms with Gasteiger partial charge in [-0.1, -0.05) is 35.3 Å². The Morgan fingerprint density at radius 2 is 1.86 bits per heavy atom. The highest BCUT2D eigenvalue weighted by molar-refractivity contribution is 6.42. The molecule has 2 aromatic carbocycles. The SMILES string of the molecule is CN(C)Cc1cccc(OCCC(N)C(=O)COC(=O)c2ccc(Cl)c(Cl)c2)c1. The number of hydrogen-bond donors (Lipinski definition) is 1. The van der Waals surface area contributed by atoms with Gasteiger partial charge in [-0.3, -0.25) is 4.79 Å². The van der Waals surface area contributed by atoms with E-state index in [4.69, 9.17) is 38.4 Å². The van der Waals surface area contributed by atoms with Gasteiger partial charge in [0.1, 0.15) is 5.75 Å². The van der Waals surface area contributed by atoms with Crippen LogP contribution in [0.2, 0.25) is 10.0 Å². The van der Waals surface area contributed by atoms with Crippen molar-refractivity contribution in [2.24, 2.45) is 5.73 Å². The highest BCUT2D eigenvalue weighted by Crippen LogP contribution is 2.23. The van der Waals surface area contributed by atoms with Gasteiger partial charge in [-0.2, -0.15) is 0 Å². The van der Waals surface area contributed by atoms with Gasteiger partial charge in [0.25, 0.3) is 0 Å². The minimum atomic E-state index is -0.790. The Morgan fingerprint density at radius 3 is 2.55 bits per heavy atom. The summed E-state index contributed by atoms with van der Waals surface area (Å²) in [5.41, 5.74) is 7.22. The maximum atomic E-state index is 12.1. The summed E-state index contributed by atoms with van der Waals surface area (Å²) < 4.78 is 10.7. The Morgan fingerprint density at radius 1 is 1.10 bits per heavy atom. The number of carbonyl (C=O) groups excluding carboxylic acids is 2. The Kier molecular flexibility index (Phi) is 8.92. The fourth-order valence-corrected chi connectivity index (χ4v) is 2.81. The van der Waals surface area contributed by atoms with Crippen LogP contribution in [0.15, 0.2) is 42.5 Å². The van der Waals surface area contributed by atoms with Crippen LogP contribution >= 0.6 is 23.2 Å². The molecular formula is C21H24Cl2N2O4. The quantitative estimate of drug-likeness (QED) is 0.570. The number of benzene rings is 2. The van der Waals surface area contributed by atoms with Crippen LogP contribution in [0, 0.1) is 0 Å². The molecule has 156 valence electrons. The topological polar surface area (TPSA) is 81.9 Å². The van der Waals surface area contributed by atoms with E-state index in [1.54, 1.807) is 0 Å². The smallest absolute Gasteiger partial charge is 0.338 e. The third kappa shape index (κ3) is 7.66. The first-order chi connectivity index (χ1) is 13.8. The third-order valence-corrected chi connectivity index (χ3v) is 4.75. The second kappa shape index (κ2) is 11.2. The number of nitrogens with two attached hydrogens (primary N) is 1. The van der Waals surface area contributed by atoms with Crippen molar-refractivity contribution in [2.75, 3.05) is 27.3 Å². The molecule has 0 bridgehead atoms. The molecule has 2 aromatic rings. The number of rotatable bonds is 10. The van der Waals surface area contributed by atoms with Gasteiger partial charge in [-0.05, 0) is 50.0 Å². The van der Waals surface area contributed by atoms with Crippen molar-refractivity contribution in [1.82, 2.24) is 4.90 Å². The second-order valence-electron chi connectivity index (χ2n) is 6.80. The van der Waals surface area contributed by atoms with Crippen LogP contribution in [0.4, 0.5) is 0 Å². The van der Waals surface area contributed by atoms with Crippen LogP contribution in [-0.2, 0) is 16.1 Å². The molecule has 0 aliphatic rings. The highest BCUT2D eigenvalue weighted by Gasteiger charge is 2.17. The van der Waals surface area contributed by atoms with Gasteiger partial charge in [0.2, 0.25) is 0 Å². The van der Waals surface area contributed by atoms with Crippen molar-refractivity contribution in [1.29, 1.82) is 0 Å². The summed E-state index contributed by atoms with van der Waals surface area (Å²) in [6.07, 6.45) is 0.307. The number of nitrogens with zero attached hydrogens (tertiary/aromatic N) is 1. The average molecular weight is 439 g/mol. The summed E-state index contributed by atoms with van der Waals surface area (Å²) in [6, 6.07) is 11.3. The van der Waals surface area contributed by atoms with Crippen molar-refractivity contribution < 1.29 is 19.1 Å². The van der Waals surface area contributed by atoms with Gasteiger partial charge in [-0.15, -0.1) is 0 Å². The van der Waals surface area contributed by atoms with Gasteiger partial charge < -0.3 is 20.1 Å². The van der Waals surface area contributed by atoms with E-state index in [2.05, 4.69) is 4.90 Å². The van der Waals surface area contributed by atoms with Crippen molar-refractivity contribution in [3.8, 4) is 5.75 Å². The lowest BCUT2D eigenvalue weighted by atomic mass is 10.1. The van der Waals surface area contributed by atoms with Crippen LogP contribution in [0.5, 0.6) is 5.75 Å². The molecule has 2 N–H and O–H groups in total. The maximum absolute atomic E-state index is 12.1. The van der Waals surface area contributed by atoms with E-state index in [1.165, 1.54) is 18.2 Å². The second-order valence-corrected chi connectivity index (χ2v) is 7.61. The zero-order chi connectivity index (χ0) is 21.4. The van der Waals surface area contributed by atoms with Gasteiger partial charge in [-0.25, -0.2) is 4.79 Å². The maximum Gasteiger partial charge on any atom is 0.338 e. The first-order valence-electron chi connectivity index (χ1n) is 9.03. The Bertz CT molecular complexity index is 858. The molecule has 1 unspecified atom stereocenters. The van der Waals surface area contributed by atoms with E-state index in [1.807, 2.05) is 38.4 Å². The number of Topliss-reactive ketones (excluding diaryl/α,β-unsaturated/α-hetero) is 1. The molecule has 0 saturated heterocycles. The first-order valence-corrected chi connectivity index (χ1v) is 9.79. The zero-order valence-corrected chi connectivity index (χ0v) is 17.9. The molecule has 0 radical (unpaired) electrons. The monoisotopic (exact) mass is 438 g/mol. The summed E-state index contributed by atoms with van der Waals surface area (Å²) in [7, 11) is 3.99. The average Bonchev–Trinajstić information content (AvgIpc) is 2.67. The molecule has 0 aliphatic carbocycles. The molecule has 0 spiro atoms. The van der Waals surface area contributed by atoms with Crippen molar-refractivity contribution >= 4 is 35.0 Å². The van der Waals surface area contributed by atoms with E-state index in [-0.39, 0.29) is 23.0 Å². The van der Waals surface area contributed by atoms with Crippen LogP contribution in [-0.4, -0.2) is 50.0 Å². The van der Waals surface area contributed by atoms with Crippen LogP contribution in [0.3, 0.4) is 0 Å². The normalized spacial score (nSPS) is 11.9. The van der Waals surface area contributed by atoms with Gasteiger partial charge in [0, 0.05) is 13.0 Å². The Labute approximate surface area is 180 Å². The summed E-state index contributed by atoms with van der Waals surface area (Å²) in [5.74, 6) is -0.337. The summed E-state index contributed by atoms with van der Waals surface area (Å²) >= 11 is 11.7. The lowest BCUT2D eigenvalue weighted by Crippen LogP contribution is -2.35. The predicted octanol–water partition coefficient (Wildman–Crippen LogP) is 3.58. The lowest BCUT2D eigenvalue weighted by molar-refractivity contribution is -0.123. The largest absolute Gasteiger partial charge is 0.494 e. The van der Waals surface area contributed by atoms with Gasteiger partial charge >= 0.3 is 5.97 Å². The highest BCUT2D eigenvalue weighted by atomic mass is 35.5.